The highest BCUT2D eigenvalue weighted by molar-refractivity contribution is 9.10. The normalized spacial score (nSPS) is 17.3. The number of nitrogens with two attached hydrogens (primary N) is 1. The van der Waals surface area contributed by atoms with Crippen LogP contribution in [0.4, 0.5) is 0 Å². The Kier molecular flexibility index (Phi) is 3.58. The predicted molar refractivity (Wildman–Crippen MR) is 80.2 cm³/mol. The molecule has 1 aliphatic rings. The van der Waals surface area contributed by atoms with E-state index in [2.05, 4.69) is 34.1 Å². The number of benzene rings is 2. The summed E-state index contributed by atoms with van der Waals surface area (Å²) in [6.45, 7) is 0.588. The standard InChI is InChI=1S/C16H16BrNO/c17-12-4-1-3-11(9-12)10-19-16-6-2-5-13-14(16)7-8-15(13)18/h1-6,9,15H,7-8,10,18H2. The summed E-state index contributed by atoms with van der Waals surface area (Å²) in [4.78, 5) is 0. The molecule has 3 rings (SSSR count). The molecule has 0 amide bonds. The topological polar surface area (TPSA) is 35.2 Å². The first kappa shape index (κ1) is 12.7. The van der Waals surface area contributed by atoms with Crippen molar-refractivity contribution in [2.75, 3.05) is 0 Å². The Morgan fingerprint density at radius 1 is 1.21 bits per heavy atom. The second kappa shape index (κ2) is 5.35. The molecule has 2 nitrogen and oxygen atoms in total. The van der Waals surface area contributed by atoms with Crippen LogP contribution < -0.4 is 10.5 Å². The highest BCUT2D eigenvalue weighted by atomic mass is 79.9. The smallest absolute Gasteiger partial charge is 0.123 e. The molecular weight excluding hydrogens is 302 g/mol. The molecular formula is C16H16BrNO. The Morgan fingerprint density at radius 3 is 2.89 bits per heavy atom. The first-order valence-corrected chi connectivity index (χ1v) is 7.28. The highest BCUT2D eigenvalue weighted by Crippen LogP contribution is 2.35. The Labute approximate surface area is 121 Å². The van der Waals surface area contributed by atoms with Gasteiger partial charge in [0.25, 0.3) is 0 Å². The summed E-state index contributed by atoms with van der Waals surface area (Å²) in [6, 6.07) is 14.5. The van der Waals surface area contributed by atoms with E-state index in [1.807, 2.05) is 24.3 Å². The van der Waals surface area contributed by atoms with Crippen molar-refractivity contribution in [2.24, 2.45) is 5.73 Å². The number of fused-ring (bicyclic) bond motifs is 1. The monoisotopic (exact) mass is 317 g/mol. The van der Waals surface area contributed by atoms with Crippen molar-refractivity contribution >= 4 is 15.9 Å². The van der Waals surface area contributed by atoms with Crippen LogP contribution in [0, 0.1) is 0 Å². The van der Waals surface area contributed by atoms with Crippen molar-refractivity contribution in [3.63, 3.8) is 0 Å². The molecule has 0 spiro atoms. The molecule has 0 saturated heterocycles. The first-order valence-electron chi connectivity index (χ1n) is 6.48. The van der Waals surface area contributed by atoms with E-state index in [-0.39, 0.29) is 6.04 Å². The number of rotatable bonds is 3. The number of halogens is 1. The van der Waals surface area contributed by atoms with Gasteiger partial charge in [-0.1, -0.05) is 40.2 Å². The lowest BCUT2D eigenvalue weighted by molar-refractivity contribution is 0.303. The maximum absolute atomic E-state index is 6.08. The van der Waals surface area contributed by atoms with Crippen LogP contribution in [0.2, 0.25) is 0 Å². The predicted octanol–water partition coefficient (Wildman–Crippen LogP) is 3.97. The molecule has 0 bridgehead atoms. The number of hydrogen-bond acceptors (Lipinski definition) is 2. The Morgan fingerprint density at radius 2 is 2.05 bits per heavy atom. The SMILES string of the molecule is NC1CCc2c(OCc3cccc(Br)c3)cccc21. The van der Waals surface area contributed by atoms with E-state index in [9.17, 15) is 0 Å². The molecule has 2 N–H and O–H groups in total. The molecule has 0 heterocycles. The minimum Gasteiger partial charge on any atom is -0.489 e. The molecule has 0 radical (unpaired) electrons. The zero-order valence-electron chi connectivity index (χ0n) is 10.6. The molecule has 1 unspecified atom stereocenters. The van der Waals surface area contributed by atoms with E-state index in [4.69, 9.17) is 10.5 Å². The van der Waals surface area contributed by atoms with Gasteiger partial charge < -0.3 is 10.5 Å². The van der Waals surface area contributed by atoms with E-state index in [1.165, 1.54) is 11.1 Å². The molecule has 0 fully saturated rings. The molecule has 19 heavy (non-hydrogen) atoms. The van der Waals surface area contributed by atoms with Gasteiger partial charge in [0.1, 0.15) is 12.4 Å². The van der Waals surface area contributed by atoms with Gasteiger partial charge in [0, 0.05) is 10.5 Å². The van der Waals surface area contributed by atoms with E-state index in [0.29, 0.717) is 6.61 Å². The van der Waals surface area contributed by atoms with Crippen molar-refractivity contribution in [3.8, 4) is 5.75 Å². The Hall–Kier alpha value is -1.32. The fourth-order valence-electron chi connectivity index (χ4n) is 2.58. The lowest BCUT2D eigenvalue weighted by Gasteiger charge is -2.11. The summed E-state index contributed by atoms with van der Waals surface area (Å²) in [5.41, 5.74) is 9.77. The maximum atomic E-state index is 6.08. The lowest BCUT2D eigenvalue weighted by atomic mass is 10.1. The van der Waals surface area contributed by atoms with Gasteiger partial charge in [-0.15, -0.1) is 0 Å². The average Bonchev–Trinajstić information content (AvgIpc) is 2.79. The van der Waals surface area contributed by atoms with Gasteiger partial charge in [0.05, 0.1) is 0 Å². The Balaban J connectivity index is 1.78. The van der Waals surface area contributed by atoms with Gasteiger partial charge in [-0.25, -0.2) is 0 Å². The fraction of sp³-hybridized carbons (Fsp3) is 0.250. The van der Waals surface area contributed by atoms with E-state index < -0.39 is 0 Å². The molecule has 2 aromatic rings. The second-order valence-electron chi connectivity index (χ2n) is 4.89. The average molecular weight is 318 g/mol. The van der Waals surface area contributed by atoms with Crippen LogP contribution in [-0.4, -0.2) is 0 Å². The van der Waals surface area contributed by atoms with Crippen LogP contribution in [0.5, 0.6) is 5.75 Å². The van der Waals surface area contributed by atoms with Crippen molar-refractivity contribution in [3.05, 3.63) is 63.6 Å². The third kappa shape index (κ3) is 2.67. The van der Waals surface area contributed by atoms with Gasteiger partial charge in [0.2, 0.25) is 0 Å². The zero-order valence-corrected chi connectivity index (χ0v) is 12.2. The summed E-state index contributed by atoms with van der Waals surface area (Å²) < 4.78 is 7.04. The molecule has 98 valence electrons. The van der Waals surface area contributed by atoms with Crippen LogP contribution in [0.25, 0.3) is 0 Å². The molecule has 0 aliphatic heterocycles. The number of hydrogen-bond donors (Lipinski definition) is 1. The summed E-state index contributed by atoms with van der Waals surface area (Å²) in [5, 5.41) is 0. The number of ether oxygens (including phenoxy) is 1. The van der Waals surface area contributed by atoms with Crippen molar-refractivity contribution < 1.29 is 4.74 Å². The zero-order chi connectivity index (χ0) is 13.2. The molecule has 0 saturated carbocycles. The van der Waals surface area contributed by atoms with Crippen LogP contribution in [0.15, 0.2) is 46.9 Å². The Bertz CT molecular complexity index is 597. The van der Waals surface area contributed by atoms with Gasteiger partial charge >= 0.3 is 0 Å². The quantitative estimate of drug-likeness (QED) is 0.929. The third-order valence-electron chi connectivity index (χ3n) is 3.56. The van der Waals surface area contributed by atoms with Crippen LogP contribution in [0.3, 0.4) is 0 Å². The van der Waals surface area contributed by atoms with Gasteiger partial charge in [-0.05, 0) is 47.7 Å². The van der Waals surface area contributed by atoms with Gasteiger partial charge in [-0.2, -0.15) is 0 Å². The molecule has 3 heteroatoms. The fourth-order valence-corrected chi connectivity index (χ4v) is 3.02. The summed E-state index contributed by atoms with van der Waals surface area (Å²) in [5.74, 6) is 0.977. The van der Waals surface area contributed by atoms with Gasteiger partial charge in [0.15, 0.2) is 0 Å². The highest BCUT2D eigenvalue weighted by Gasteiger charge is 2.21. The largest absolute Gasteiger partial charge is 0.489 e. The van der Waals surface area contributed by atoms with Gasteiger partial charge in [-0.3, -0.25) is 0 Å². The lowest BCUT2D eigenvalue weighted by Crippen LogP contribution is -2.05. The van der Waals surface area contributed by atoms with Crippen LogP contribution in [0.1, 0.15) is 29.2 Å². The summed E-state index contributed by atoms with van der Waals surface area (Å²) in [7, 11) is 0. The van der Waals surface area contributed by atoms with Crippen molar-refractivity contribution in [1.82, 2.24) is 0 Å². The van der Waals surface area contributed by atoms with E-state index in [0.717, 1.165) is 28.6 Å². The summed E-state index contributed by atoms with van der Waals surface area (Å²) in [6.07, 6.45) is 2.04. The van der Waals surface area contributed by atoms with Crippen LogP contribution >= 0.6 is 15.9 Å². The van der Waals surface area contributed by atoms with E-state index >= 15 is 0 Å². The first-order chi connectivity index (χ1) is 9.24. The maximum Gasteiger partial charge on any atom is 0.123 e. The molecule has 2 aromatic carbocycles. The van der Waals surface area contributed by atoms with E-state index in [1.54, 1.807) is 0 Å². The minimum atomic E-state index is 0.171. The van der Waals surface area contributed by atoms with Crippen molar-refractivity contribution in [2.45, 2.75) is 25.5 Å². The third-order valence-corrected chi connectivity index (χ3v) is 4.05. The molecule has 1 atom stereocenters. The molecule has 1 aliphatic carbocycles. The van der Waals surface area contributed by atoms with Crippen molar-refractivity contribution in [1.29, 1.82) is 0 Å². The second-order valence-corrected chi connectivity index (χ2v) is 5.80. The molecule has 0 aromatic heterocycles. The minimum absolute atomic E-state index is 0.171. The summed E-state index contributed by atoms with van der Waals surface area (Å²) >= 11 is 3.47. The van der Waals surface area contributed by atoms with Crippen LogP contribution in [-0.2, 0) is 13.0 Å².